The number of benzene rings is 1. The predicted molar refractivity (Wildman–Crippen MR) is 85.9 cm³/mol. The molecule has 1 N–H and O–H groups in total. The van der Waals surface area contributed by atoms with E-state index < -0.39 is 0 Å². The first kappa shape index (κ1) is 15.2. The van der Waals surface area contributed by atoms with Crippen molar-refractivity contribution in [2.45, 2.75) is 46.1 Å². The van der Waals surface area contributed by atoms with Crippen molar-refractivity contribution in [3.63, 3.8) is 0 Å². The minimum absolute atomic E-state index is 0.135. The molecule has 0 spiro atoms. The summed E-state index contributed by atoms with van der Waals surface area (Å²) in [6.45, 7) is 8.06. The fraction of sp³-hybridized carbons (Fsp3) is 0.412. The molecule has 0 radical (unpaired) electrons. The predicted octanol–water partition coefficient (Wildman–Crippen LogP) is 4.52. The molecule has 20 heavy (non-hydrogen) atoms. The normalized spacial score (nSPS) is 12.8. The number of thiophene rings is 1. The average Bonchev–Trinajstić information content (AvgIpc) is 2.91. The molecule has 0 aliphatic carbocycles. The lowest BCUT2D eigenvalue weighted by molar-refractivity contribution is 0.0542. The molecule has 2 rings (SSSR count). The van der Waals surface area contributed by atoms with Crippen LogP contribution in [-0.2, 0) is 17.9 Å². The summed E-state index contributed by atoms with van der Waals surface area (Å²) in [6.07, 6.45) is 0.135. The van der Waals surface area contributed by atoms with Gasteiger partial charge in [0.1, 0.15) is 0 Å². The Hall–Kier alpha value is -1.16. The van der Waals surface area contributed by atoms with E-state index in [4.69, 9.17) is 4.74 Å². The lowest BCUT2D eigenvalue weighted by Gasteiger charge is -2.12. The van der Waals surface area contributed by atoms with E-state index in [2.05, 4.69) is 62.5 Å². The van der Waals surface area contributed by atoms with Gasteiger partial charge >= 0.3 is 0 Å². The molecule has 0 aliphatic rings. The molecule has 2 aromatic rings. The van der Waals surface area contributed by atoms with Gasteiger partial charge in [-0.05, 0) is 24.6 Å². The Bertz CT molecular complexity index is 507. The van der Waals surface area contributed by atoms with Crippen molar-refractivity contribution in [1.29, 1.82) is 0 Å². The number of rotatable bonds is 7. The van der Waals surface area contributed by atoms with Crippen molar-refractivity contribution in [1.82, 2.24) is 5.32 Å². The third kappa shape index (κ3) is 4.75. The van der Waals surface area contributed by atoms with Gasteiger partial charge in [0.05, 0.1) is 12.7 Å². The van der Waals surface area contributed by atoms with Crippen LogP contribution in [0.2, 0.25) is 0 Å². The van der Waals surface area contributed by atoms with Gasteiger partial charge in [-0.2, -0.15) is 0 Å². The molecular formula is C17H23NOS. The quantitative estimate of drug-likeness (QED) is 0.809. The Morgan fingerprint density at radius 2 is 1.70 bits per heavy atom. The molecule has 1 atom stereocenters. The molecule has 1 aromatic heterocycles. The summed E-state index contributed by atoms with van der Waals surface area (Å²) in [5, 5.41) is 3.44. The van der Waals surface area contributed by atoms with Gasteiger partial charge in [0.15, 0.2) is 0 Å². The molecule has 2 nitrogen and oxygen atoms in total. The second-order valence-corrected chi connectivity index (χ2v) is 6.52. The lowest BCUT2D eigenvalue weighted by Crippen LogP contribution is -2.21. The third-order valence-corrected chi connectivity index (χ3v) is 4.21. The van der Waals surface area contributed by atoms with Crippen LogP contribution in [0, 0.1) is 0 Å². The second-order valence-electron chi connectivity index (χ2n) is 5.27. The molecule has 0 bridgehead atoms. The summed E-state index contributed by atoms with van der Waals surface area (Å²) in [7, 11) is 0. The van der Waals surface area contributed by atoms with Crippen molar-refractivity contribution in [2.75, 3.05) is 0 Å². The highest BCUT2D eigenvalue weighted by Crippen LogP contribution is 2.22. The van der Waals surface area contributed by atoms with E-state index in [-0.39, 0.29) is 6.10 Å². The zero-order valence-corrected chi connectivity index (χ0v) is 13.2. The molecule has 1 unspecified atom stereocenters. The molecule has 0 amide bonds. The largest absolute Gasteiger partial charge is 0.368 e. The summed E-state index contributed by atoms with van der Waals surface area (Å²) >= 11 is 1.82. The SMILES string of the molecule is CC(C)NCc1ccc(COC(C)c2ccccc2)s1. The van der Waals surface area contributed by atoms with Crippen LogP contribution in [0.25, 0.3) is 0 Å². The van der Waals surface area contributed by atoms with Crippen LogP contribution in [0.5, 0.6) is 0 Å². The zero-order valence-electron chi connectivity index (χ0n) is 12.4. The molecular weight excluding hydrogens is 266 g/mol. The maximum Gasteiger partial charge on any atom is 0.0817 e. The summed E-state index contributed by atoms with van der Waals surface area (Å²) in [5.41, 5.74) is 1.23. The van der Waals surface area contributed by atoms with Crippen LogP contribution in [-0.4, -0.2) is 6.04 Å². The topological polar surface area (TPSA) is 21.3 Å². The Labute approximate surface area is 125 Å². The van der Waals surface area contributed by atoms with Crippen molar-refractivity contribution in [3.8, 4) is 0 Å². The first-order valence-electron chi connectivity index (χ1n) is 7.12. The maximum absolute atomic E-state index is 5.94. The van der Waals surface area contributed by atoms with Gasteiger partial charge in [-0.15, -0.1) is 11.3 Å². The molecule has 0 fully saturated rings. The fourth-order valence-electron chi connectivity index (χ4n) is 1.93. The van der Waals surface area contributed by atoms with Crippen LogP contribution < -0.4 is 5.32 Å². The van der Waals surface area contributed by atoms with Gasteiger partial charge in [-0.25, -0.2) is 0 Å². The first-order chi connectivity index (χ1) is 9.65. The second kappa shape index (κ2) is 7.58. The molecule has 3 heteroatoms. The maximum atomic E-state index is 5.94. The van der Waals surface area contributed by atoms with E-state index in [1.807, 2.05) is 17.4 Å². The number of ether oxygens (including phenoxy) is 1. The number of hydrogen-bond donors (Lipinski definition) is 1. The molecule has 1 heterocycles. The molecule has 0 saturated heterocycles. The van der Waals surface area contributed by atoms with Gasteiger partial charge in [-0.1, -0.05) is 44.2 Å². The monoisotopic (exact) mass is 289 g/mol. The van der Waals surface area contributed by atoms with Gasteiger partial charge in [0.2, 0.25) is 0 Å². The highest BCUT2D eigenvalue weighted by Gasteiger charge is 2.07. The van der Waals surface area contributed by atoms with E-state index in [9.17, 15) is 0 Å². The highest BCUT2D eigenvalue weighted by molar-refractivity contribution is 7.11. The minimum atomic E-state index is 0.135. The summed E-state index contributed by atoms with van der Waals surface area (Å²) in [5.74, 6) is 0. The average molecular weight is 289 g/mol. The Morgan fingerprint density at radius 3 is 2.40 bits per heavy atom. The van der Waals surface area contributed by atoms with E-state index in [1.165, 1.54) is 15.3 Å². The van der Waals surface area contributed by atoms with Gasteiger partial charge in [0.25, 0.3) is 0 Å². The van der Waals surface area contributed by atoms with Crippen LogP contribution in [0.4, 0.5) is 0 Å². The number of hydrogen-bond acceptors (Lipinski definition) is 3. The molecule has 108 valence electrons. The van der Waals surface area contributed by atoms with E-state index >= 15 is 0 Å². The molecule has 0 aliphatic heterocycles. The highest BCUT2D eigenvalue weighted by atomic mass is 32.1. The van der Waals surface area contributed by atoms with Gasteiger partial charge in [0, 0.05) is 22.3 Å². The van der Waals surface area contributed by atoms with Gasteiger partial charge in [-0.3, -0.25) is 0 Å². The number of nitrogens with one attached hydrogen (secondary N) is 1. The first-order valence-corrected chi connectivity index (χ1v) is 7.94. The smallest absolute Gasteiger partial charge is 0.0817 e. The van der Waals surface area contributed by atoms with Crippen molar-refractivity contribution >= 4 is 11.3 Å². The Kier molecular flexibility index (Phi) is 5.77. The van der Waals surface area contributed by atoms with Crippen molar-refractivity contribution in [2.24, 2.45) is 0 Å². The van der Waals surface area contributed by atoms with E-state index in [1.54, 1.807) is 0 Å². The lowest BCUT2D eigenvalue weighted by atomic mass is 10.1. The Balaban J connectivity index is 1.82. The van der Waals surface area contributed by atoms with Crippen molar-refractivity contribution in [3.05, 3.63) is 57.8 Å². The van der Waals surface area contributed by atoms with Crippen LogP contribution in [0.15, 0.2) is 42.5 Å². The van der Waals surface area contributed by atoms with Crippen LogP contribution in [0.1, 0.15) is 42.2 Å². The van der Waals surface area contributed by atoms with Crippen LogP contribution in [0.3, 0.4) is 0 Å². The fourth-order valence-corrected chi connectivity index (χ4v) is 2.82. The zero-order chi connectivity index (χ0) is 14.4. The molecule has 1 aromatic carbocycles. The van der Waals surface area contributed by atoms with Crippen LogP contribution >= 0.6 is 11.3 Å². The van der Waals surface area contributed by atoms with Crippen molar-refractivity contribution < 1.29 is 4.74 Å². The summed E-state index contributed by atoms with van der Waals surface area (Å²) < 4.78 is 5.94. The Morgan fingerprint density at radius 1 is 1.00 bits per heavy atom. The van der Waals surface area contributed by atoms with Gasteiger partial charge < -0.3 is 10.1 Å². The molecule has 0 saturated carbocycles. The standard InChI is InChI=1S/C17H23NOS/c1-13(2)18-11-16-9-10-17(20-16)12-19-14(3)15-7-5-4-6-8-15/h4-10,13-14,18H,11-12H2,1-3H3. The minimum Gasteiger partial charge on any atom is -0.368 e. The summed E-state index contributed by atoms with van der Waals surface area (Å²) in [4.78, 5) is 2.65. The van der Waals surface area contributed by atoms with E-state index in [0.717, 1.165) is 6.54 Å². The van der Waals surface area contributed by atoms with E-state index in [0.29, 0.717) is 12.6 Å². The third-order valence-electron chi connectivity index (χ3n) is 3.15. The summed E-state index contributed by atoms with van der Waals surface area (Å²) in [6, 6.07) is 15.2.